The second-order valence-corrected chi connectivity index (χ2v) is 21.2. The monoisotopic (exact) mass is 668 g/mol. The first-order valence-corrected chi connectivity index (χ1v) is 20.6. The molecular weight excluding hydrogens is 605 g/mol. The second kappa shape index (κ2) is 17.2. The topological polar surface area (TPSA) is 66.5 Å². The van der Waals surface area contributed by atoms with Crippen molar-refractivity contribution in [2.45, 2.75) is 167 Å². The Labute approximate surface area is 287 Å². The molecule has 47 heavy (non-hydrogen) atoms. The van der Waals surface area contributed by atoms with E-state index >= 15 is 0 Å². The molecule has 0 spiro atoms. The Morgan fingerprint density at radius 3 is 2.36 bits per heavy atom. The van der Waals surface area contributed by atoms with E-state index in [2.05, 4.69) is 99.3 Å². The number of epoxide rings is 1. The number of rotatable bonds is 8. The fourth-order valence-corrected chi connectivity index (χ4v) is 14.0. The number of cyclic esters (lactones) is 1. The third kappa shape index (κ3) is 10.6. The lowest BCUT2D eigenvalue weighted by molar-refractivity contribution is -0.147. The van der Waals surface area contributed by atoms with Crippen molar-refractivity contribution in [1.82, 2.24) is 0 Å². The molecule has 0 unspecified atom stereocenters. The van der Waals surface area contributed by atoms with Crippen LogP contribution in [-0.4, -0.2) is 63.6 Å². The van der Waals surface area contributed by atoms with Gasteiger partial charge in [0.1, 0.15) is 12.2 Å². The average Bonchev–Trinajstić information content (AvgIpc) is 3.75. The van der Waals surface area contributed by atoms with E-state index in [0.29, 0.717) is 47.9 Å². The zero-order valence-corrected chi connectivity index (χ0v) is 31.8. The minimum absolute atomic E-state index is 0.0117. The summed E-state index contributed by atoms with van der Waals surface area (Å²) in [6.45, 7) is 25.6. The summed E-state index contributed by atoms with van der Waals surface area (Å²) in [5.41, 5.74) is 3.76. The average molecular weight is 669 g/mol. The molecule has 264 valence electrons. The molecule has 0 aromatic carbocycles. The van der Waals surface area contributed by atoms with Gasteiger partial charge < -0.3 is 23.4 Å². The molecule has 0 aromatic heterocycles. The number of ether oxygens (including phenoxy) is 4. The predicted octanol–water partition coefficient (Wildman–Crippen LogP) is 9.58. The van der Waals surface area contributed by atoms with E-state index in [1.165, 1.54) is 11.1 Å². The van der Waals surface area contributed by atoms with E-state index in [9.17, 15) is 4.79 Å². The number of esters is 1. The van der Waals surface area contributed by atoms with Crippen molar-refractivity contribution < 1.29 is 28.2 Å². The van der Waals surface area contributed by atoms with Crippen LogP contribution in [0.2, 0.25) is 16.6 Å². The third-order valence-corrected chi connectivity index (χ3v) is 16.9. The van der Waals surface area contributed by atoms with Gasteiger partial charge in [0.15, 0.2) is 0 Å². The van der Waals surface area contributed by atoms with Crippen LogP contribution in [0.3, 0.4) is 0 Å². The predicted molar refractivity (Wildman–Crippen MR) is 194 cm³/mol. The number of allylic oxidation sites excluding steroid dienone is 1. The van der Waals surface area contributed by atoms with Crippen molar-refractivity contribution in [2.75, 3.05) is 6.61 Å². The Morgan fingerprint density at radius 1 is 0.957 bits per heavy atom. The summed E-state index contributed by atoms with van der Waals surface area (Å²) in [5, 5.41) is 0. The van der Waals surface area contributed by atoms with Crippen molar-refractivity contribution in [1.29, 1.82) is 0 Å². The first kappa shape index (κ1) is 38.0. The van der Waals surface area contributed by atoms with Gasteiger partial charge >= 0.3 is 5.97 Å². The van der Waals surface area contributed by atoms with Gasteiger partial charge in [-0.05, 0) is 73.9 Å². The van der Waals surface area contributed by atoms with E-state index < -0.39 is 20.5 Å². The number of hydrogen-bond acceptors (Lipinski definition) is 6. The third-order valence-electron chi connectivity index (χ3n) is 10.8. The van der Waals surface area contributed by atoms with Gasteiger partial charge in [-0.3, -0.25) is 0 Å². The smallest absolute Gasteiger partial charge is 0.330 e. The lowest BCUT2D eigenvalue weighted by atomic mass is 9.88. The van der Waals surface area contributed by atoms with Gasteiger partial charge in [-0.1, -0.05) is 110 Å². The fraction of sp³-hybridized carbons (Fsp3) is 0.725. The highest BCUT2D eigenvalue weighted by Crippen LogP contribution is 2.45. The van der Waals surface area contributed by atoms with Crippen LogP contribution in [0.4, 0.5) is 0 Å². The normalized spacial score (nSPS) is 34.5. The minimum atomic E-state index is -2.34. The Balaban J connectivity index is 1.65. The molecule has 4 heterocycles. The highest BCUT2D eigenvalue weighted by atomic mass is 28.4. The fourth-order valence-electron chi connectivity index (χ4n) is 8.52. The lowest BCUT2D eigenvalue weighted by Crippen LogP contribution is -2.52. The molecule has 1 fully saturated rings. The molecule has 7 heteroatoms. The maximum atomic E-state index is 13.5. The molecule has 1 saturated heterocycles. The molecule has 4 aliphatic heterocycles. The molecule has 0 radical (unpaired) electrons. The summed E-state index contributed by atoms with van der Waals surface area (Å²) < 4.78 is 32.6. The van der Waals surface area contributed by atoms with Crippen molar-refractivity contribution in [3.63, 3.8) is 0 Å². The Kier molecular flexibility index (Phi) is 14.0. The highest BCUT2D eigenvalue weighted by Gasteiger charge is 2.50. The summed E-state index contributed by atoms with van der Waals surface area (Å²) in [7, 11) is -2.34. The summed E-state index contributed by atoms with van der Waals surface area (Å²) >= 11 is 0. The molecule has 0 aromatic rings. The molecule has 6 nitrogen and oxygen atoms in total. The van der Waals surface area contributed by atoms with Crippen LogP contribution in [0.15, 0.2) is 60.3 Å². The first-order valence-electron chi connectivity index (χ1n) is 18.4. The van der Waals surface area contributed by atoms with Gasteiger partial charge in [-0.25, -0.2) is 4.79 Å². The van der Waals surface area contributed by atoms with E-state index in [0.717, 1.165) is 32.1 Å². The number of carbonyl (C=O) groups is 1. The maximum Gasteiger partial charge on any atom is 0.330 e. The van der Waals surface area contributed by atoms with Gasteiger partial charge in [-0.15, -0.1) is 0 Å². The van der Waals surface area contributed by atoms with Gasteiger partial charge in [0.25, 0.3) is 0 Å². The van der Waals surface area contributed by atoms with E-state index in [4.69, 9.17) is 23.4 Å². The van der Waals surface area contributed by atoms with Crippen LogP contribution in [0.25, 0.3) is 0 Å². The van der Waals surface area contributed by atoms with Crippen molar-refractivity contribution in [2.24, 2.45) is 11.8 Å². The van der Waals surface area contributed by atoms with Crippen LogP contribution in [0, 0.1) is 11.8 Å². The van der Waals surface area contributed by atoms with Crippen LogP contribution in [0.1, 0.15) is 107 Å². The molecule has 9 atom stereocenters. The van der Waals surface area contributed by atoms with Crippen LogP contribution in [-0.2, 0) is 28.2 Å². The van der Waals surface area contributed by atoms with E-state index in [1.807, 2.05) is 6.08 Å². The number of carbonyl (C=O) groups excluding carboxylic acids is 1. The first-order chi connectivity index (χ1) is 22.3. The van der Waals surface area contributed by atoms with E-state index in [-0.39, 0.29) is 36.5 Å². The molecule has 0 N–H and O–H groups in total. The Morgan fingerprint density at radius 2 is 1.68 bits per heavy atom. The summed E-state index contributed by atoms with van der Waals surface area (Å²) in [5.74, 6) is 0.491. The molecule has 4 aliphatic rings. The van der Waals surface area contributed by atoms with Crippen LogP contribution < -0.4 is 0 Å². The van der Waals surface area contributed by atoms with Gasteiger partial charge in [-0.2, -0.15) is 0 Å². The molecule has 0 aliphatic carbocycles. The molecule has 2 bridgehead atoms. The maximum absolute atomic E-state index is 13.5. The second-order valence-electron chi connectivity index (χ2n) is 15.8. The lowest BCUT2D eigenvalue weighted by Gasteiger charge is -2.45. The molecule has 0 amide bonds. The van der Waals surface area contributed by atoms with Crippen molar-refractivity contribution in [3.05, 3.63) is 60.3 Å². The molecule has 0 saturated carbocycles. The number of fused-ring (bicyclic) bond motifs is 3. The minimum Gasteiger partial charge on any atom is -0.456 e. The van der Waals surface area contributed by atoms with Crippen LogP contribution in [0.5, 0.6) is 0 Å². The van der Waals surface area contributed by atoms with Crippen LogP contribution >= 0.6 is 0 Å². The van der Waals surface area contributed by atoms with E-state index in [1.54, 1.807) is 6.08 Å². The Hall–Kier alpha value is -1.77. The van der Waals surface area contributed by atoms with Crippen molar-refractivity contribution >= 4 is 14.3 Å². The zero-order valence-electron chi connectivity index (χ0n) is 30.8. The van der Waals surface area contributed by atoms with Crippen molar-refractivity contribution in [3.8, 4) is 0 Å². The molecule has 4 rings (SSSR count). The highest BCUT2D eigenvalue weighted by molar-refractivity contribution is 6.77. The SMILES string of the molecule is C=C1C[C@H](C)C[C@@H]2CC=C[C@@H](C/C=C\C(=O)O[C@H]([C@H](/C=C/[C@@H]3CC(C)=CCO3)O[Si](C(C)C)(C(C)C)C(C)C)C[C@@H]3O[C@H]3[C@@H](C)C1)O2. The standard InChI is InChI=1S/C40H64O6Si/c1-26(2)47(27(3)4,28(5)6)46-36(18-17-34-23-29(7)19-20-42-34)37-25-38-40(45-38)32(10)22-30(8)21-31(9)24-35-15-11-13-33(43-35)14-12-16-39(41)44-37/h11-13,16-19,26-28,31-38,40H,8,14-15,20-25H2,1-7,9-10H3/b16-12-,18-17+/t31-,32-,33-,34+,35-,36-,37-,38-,40-/m0/s1. The largest absolute Gasteiger partial charge is 0.456 e. The quantitative estimate of drug-likeness (QED) is 0.111. The molecular formula is C40H64O6Si. The summed E-state index contributed by atoms with van der Waals surface area (Å²) in [6, 6.07) is 0. The summed E-state index contributed by atoms with van der Waals surface area (Å²) in [4.78, 5) is 13.5. The summed E-state index contributed by atoms with van der Waals surface area (Å²) in [6.07, 6.45) is 19.5. The van der Waals surface area contributed by atoms with Gasteiger partial charge in [0.2, 0.25) is 8.32 Å². The van der Waals surface area contributed by atoms with Gasteiger partial charge in [0, 0.05) is 12.5 Å². The Bertz CT molecular complexity index is 1150. The van der Waals surface area contributed by atoms with Gasteiger partial charge in [0.05, 0.1) is 37.1 Å². The number of hydrogen-bond donors (Lipinski definition) is 0. The zero-order chi connectivity index (χ0) is 34.3.